The highest BCUT2D eigenvalue weighted by molar-refractivity contribution is 8.00. The molecule has 5 aliphatic rings. The van der Waals surface area contributed by atoms with Crippen molar-refractivity contribution in [1.82, 2.24) is 14.7 Å². The van der Waals surface area contributed by atoms with Crippen LogP contribution in [0.1, 0.15) is 45.4 Å². The van der Waals surface area contributed by atoms with Crippen LogP contribution in [0.15, 0.2) is 0 Å². The number of hydrogen-bond donors (Lipinski definition) is 0. The maximum Gasteiger partial charge on any atom is 0.333 e. The van der Waals surface area contributed by atoms with E-state index in [1.54, 1.807) is 0 Å². The number of carbonyl (C=O) groups is 6. The SMILES string of the molecule is C[C@@]1(O[N+](=O)[O-])CS[C@@H]2C(N3C(=O)C4CCCCC4C3=O)C(=O)N2C1C(=O)OCN1C(=O)CCC1=O. The molecule has 0 bridgehead atoms. The molecule has 1 saturated carbocycles. The summed E-state index contributed by atoms with van der Waals surface area (Å²) in [7, 11) is 0. The summed E-state index contributed by atoms with van der Waals surface area (Å²) in [5, 5.41) is 9.32. The standard InChI is InChI=1S/C21H24N4O10S/c1-21(35-25(32)33)8-36-19-14(23-16(28)10-4-2-3-5-11(10)17(23)29)18(30)24(19)15(21)20(31)34-9-22-12(26)6-7-13(22)27/h10-11,14-15,19H,2-9H2,1H3/t10?,11?,14?,15?,19-,21-/m1/s1. The normalized spacial score (nSPS) is 36.0. The number of ether oxygens (including phenoxy) is 1. The largest absolute Gasteiger partial charge is 0.442 e. The molecule has 36 heavy (non-hydrogen) atoms. The Balaban J connectivity index is 1.38. The van der Waals surface area contributed by atoms with Gasteiger partial charge in [-0.25, -0.2) is 9.69 Å². The summed E-state index contributed by atoms with van der Waals surface area (Å²) in [6, 6.07) is -2.72. The molecule has 5 fully saturated rings. The zero-order valence-electron chi connectivity index (χ0n) is 19.3. The smallest absolute Gasteiger partial charge is 0.333 e. The molecular formula is C21H24N4O10S. The Morgan fingerprint density at radius 3 is 2.19 bits per heavy atom. The zero-order chi connectivity index (χ0) is 25.9. The van der Waals surface area contributed by atoms with Gasteiger partial charge in [-0.15, -0.1) is 21.9 Å². The van der Waals surface area contributed by atoms with Gasteiger partial charge in [0.2, 0.25) is 23.6 Å². The Morgan fingerprint density at radius 2 is 1.64 bits per heavy atom. The van der Waals surface area contributed by atoms with Crippen molar-refractivity contribution in [1.29, 1.82) is 0 Å². The maximum atomic E-state index is 13.3. The van der Waals surface area contributed by atoms with Gasteiger partial charge in [-0.2, -0.15) is 0 Å². The van der Waals surface area contributed by atoms with Crippen LogP contribution in [0.5, 0.6) is 0 Å². The Labute approximate surface area is 208 Å². The van der Waals surface area contributed by atoms with Crippen molar-refractivity contribution in [2.24, 2.45) is 11.8 Å². The van der Waals surface area contributed by atoms with Crippen LogP contribution < -0.4 is 0 Å². The number of β-lactam (4-membered cyclic amide) rings is 1. The third-order valence-corrected chi connectivity index (χ3v) is 9.17. The van der Waals surface area contributed by atoms with Crippen LogP contribution in [-0.4, -0.2) is 90.8 Å². The Bertz CT molecular complexity index is 1040. The minimum atomic E-state index is -1.81. The summed E-state index contributed by atoms with van der Waals surface area (Å²) in [6.45, 7) is 0.579. The first-order chi connectivity index (χ1) is 17.0. The van der Waals surface area contributed by atoms with E-state index < -0.39 is 82.2 Å². The highest BCUT2D eigenvalue weighted by Crippen LogP contribution is 2.49. The van der Waals surface area contributed by atoms with Gasteiger partial charge >= 0.3 is 5.97 Å². The second-order valence-electron chi connectivity index (χ2n) is 9.77. The van der Waals surface area contributed by atoms with E-state index in [9.17, 15) is 38.9 Å². The van der Waals surface area contributed by atoms with Gasteiger partial charge in [0.25, 0.3) is 11.0 Å². The molecule has 0 aromatic carbocycles. The summed E-state index contributed by atoms with van der Waals surface area (Å²) in [4.78, 5) is 95.1. The average Bonchev–Trinajstić information content (AvgIpc) is 3.28. The lowest BCUT2D eigenvalue weighted by Gasteiger charge is -2.57. The Hall–Kier alpha value is -3.23. The topological polar surface area (TPSA) is 174 Å². The molecule has 194 valence electrons. The van der Waals surface area contributed by atoms with Crippen molar-refractivity contribution in [2.75, 3.05) is 12.5 Å². The van der Waals surface area contributed by atoms with Gasteiger partial charge in [0, 0.05) is 18.6 Å². The Kier molecular flexibility index (Phi) is 5.92. The first kappa shape index (κ1) is 24.5. The van der Waals surface area contributed by atoms with Gasteiger partial charge in [-0.1, -0.05) is 12.8 Å². The molecule has 0 radical (unpaired) electrons. The highest BCUT2D eigenvalue weighted by atomic mass is 32.2. The lowest BCUT2D eigenvalue weighted by atomic mass is 9.81. The molecule has 14 nitrogen and oxygen atoms in total. The van der Waals surface area contributed by atoms with Gasteiger partial charge in [-0.3, -0.25) is 28.9 Å². The molecule has 5 rings (SSSR count). The van der Waals surface area contributed by atoms with E-state index >= 15 is 0 Å². The van der Waals surface area contributed by atoms with E-state index in [2.05, 4.69) is 0 Å². The van der Waals surface area contributed by atoms with Crippen LogP contribution in [0, 0.1) is 22.0 Å². The number of hydrogen-bond acceptors (Lipinski definition) is 11. The zero-order valence-corrected chi connectivity index (χ0v) is 20.1. The van der Waals surface area contributed by atoms with Crippen LogP contribution in [-0.2, 0) is 38.3 Å². The number of fused-ring (bicyclic) bond motifs is 2. The van der Waals surface area contributed by atoms with E-state index in [4.69, 9.17) is 9.57 Å². The van der Waals surface area contributed by atoms with Crippen LogP contribution in [0.3, 0.4) is 0 Å². The van der Waals surface area contributed by atoms with Crippen molar-refractivity contribution in [3.63, 3.8) is 0 Å². The van der Waals surface area contributed by atoms with Crippen LogP contribution in [0.25, 0.3) is 0 Å². The first-order valence-corrected chi connectivity index (χ1v) is 12.7. The fourth-order valence-electron chi connectivity index (χ4n) is 5.82. The van der Waals surface area contributed by atoms with E-state index in [0.717, 1.165) is 39.3 Å². The summed E-state index contributed by atoms with van der Waals surface area (Å²) in [5.41, 5.74) is -1.81. The number of carbonyl (C=O) groups excluding carboxylic acids is 6. The molecule has 0 aromatic rings. The molecule has 15 heteroatoms. The molecule has 4 unspecified atom stereocenters. The van der Waals surface area contributed by atoms with E-state index in [0.29, 0.717) is 12.8 Å². The number of amides is 5. The van der Waals surface area contributed by atoms with Crippen LogP contribution in [0.4, 0.5) is 0 Å². The highest BCUT2D eigenvalue weighted by Gasteiger charge is 2.67. The van der Waals surface area contributed by atoms with Crippen LogP contribution >= 0.6 is 11.8 Å². The third kappa shape index (κ3) is 3.62. The summed E-state index contributed by atoms with van der Waals surface area (Å²) in [5.74, 6) is -4.71. The number of nitrogens with zero attached hydrogens (tertiary/aromatic N) is 4. The molecule has 0 aromatic heterocycles. The van der Waals surface area contributed by atoms with Crippen molar-refractivity contribution in [3.05, 3.63) is 10.1 Å². The van der Waals surface area contributed by atoms with Gasteiger partial charge in [-0.05, 0) is 19.8 Å². The molecule has 4 heterocycles. The molecule has 0 spiro atoms. The van der Waals surface area contributed by atoms with Gasteiger partial charge in [0.05, 0.1) is 11.8 Å². The number of likely N-dealkylation sites (tertiary alicyclic amines) is 2. The second kappa shape index (κ2) is 8.71. The predicted octanol–water partition coefficient (Wildman–Crippen LogP) is -0.569. The lowest BCUT2D eigenvalue weighted by molar-refractivity contribution is -0.779. The maximum absolute atomic E-state index is 13.3. The number of thioether (sulfide) groups is 1. The number of imide groups is 2. The summed E-state index contributed by atoms with van der Waals surface area (Å²) >= 11 is 1.07. The Morgan fingerprint density at radius 1 is 1.06 bits per heavy atom. The molecule has 6 atom stereocenters. The van der Waals surface area contributed by atoms with E-state index in [1.807, 2.05) is 0 Å². The molecule has 0 N–H and O–H groups in total. The third-order valence-electron chi connectivity index (χ3n) is 7.60. The summed E-state index contributed by atoms with van der Waals surface area (Å²) in [6.07, 6.45) is 2.75. The van der Waals surface area contributed by atoms with E-state index in [-0.39, 0.29) is 18.6 Å². The van der Waals surface area contributed by atoms with Gasteiger partial charge in [0.1, 0.15) is 11.4 Å². The van der Waals surface area contributed by atoms with E-state index in [1.165, 1.54) is 6.92 Å². The minimum Gasteiger partial charge on any atom is -0.442 e. The molecule has 1 aliphatic carbocycles. The predicted molar refractivity (Wildman–Crippen MR) is 116 cm³/mol. The molecule has 4 aliphatic heterocycles. The molecular weight excluding hydrogens is 500 g/mol. The summed E-state index contributed by atoms with van der Waals surface area (Å²) < 4.78 is 5.16. The lowest BCUT2D eigenvalue weighted by Crippen LogP contribution is -2.79. The quantitative estimate of drug-likeness (QED) is 0.143. The second-order valence-corrected chi connectivity index (χ2v) is 10.9. The van der Waals surface area contributed by atoms with Crippen molar-refractivity contribution in [3.8, 4) is 0 Å². The van der Waals surface area contributed by atoms with Crippen molar-refractivity contribution < 1.29 is 43.4 Å². The minimum absolute atomic E-state index is 0.0210. The number of esters is 1. The average molecular weight is 525 g/mol. The van der Waals surface area contributed by atoms with Crippen molar-refractivity contribution >= 4 is 47.3 Å². The van der Waals surface area contributed by atoms with Gasteiger partial charge in [0.15, 0.2) is 18.4 Å². The van der Waals surface area contributed by atoms with Crippen LogP contribution in [0.2, 0.25) is 0 Å². The molecule has 4 saturated heterocycles. The fourth-order valence-corrected chi connectivity index (χ4v) is 7.34. The first-order valence-electron chi connectivity index (χ1n) is 11.7. The van der Waals surface area contributed by atoms with Gasteiger partial charge < -0.3 is 14.5 Å². The molecule has 5 amide bonds. The monoisotopic (exact) mass is 524 g/mol. The number of rotatable bonds is 6. The fraction of sp³-hybridized carbons (Fsp3) is 0.714. The van der Waals surface area contributed by atoms with Crippen molar-refractivity contribution in [2.45, 2.75) is 68.5 Å².